The first-order chi connectivity index (χ1) is 2.27. The van der Waals surface area contributed by atoms with Crippen molar-refractivity contribution in [3.05, 3.63) is 0 Å². The first-order valence-corrected chi connectivity index (χ1v) is 1.09. The molecule has 0 saturated carbocycles. The van der Waals surface area contributed by atoms with Crippen LogP contribution in [0.3, 0.4) is 0 Å². The molecule has 0 aliphatic rings. The average molecular weight is 96.1 g/mol. The smallest absolute Gasteiger partial charge is 0.301 e. The molecular weight excluding hydrogens is 91.0 g/mol. The topological polar surface area (TPSA) is 46.5 Å². The summed E-state index contributed by atoms with van der Waals surface area (Å²) in [5, 5.41) is 7.29. The van der Waals surface area contributed by atoms with Gasteiger partial charge in [0.05, 0.1) is 0 Å². The number of carbonyl (C=O) groups excluding carboxylic acids is 1. The Morgan fingerprint density at radius 2 is 2.00 bits per heavy atom. The fourth-order valence-corrected chi connectivity index (χ4v) is 0. The Kier molecular flexibility index (Phi) is 6.56. The van der Waals surface area contributed by atoms with Gasteiger partial charge in [-0.2, -0.15) is 5.26 Å². The lowest BCUT2D eigenvalue weighted by molar-refractivity contribution is -0.231. The van der Waals surface area contributed by atoms with E-state index in [9.17, 15) is 4.79 Å². The van der Waals surface area contributed by atoms with Gasteiger partial charge in [0.2, 0.25) is 0 Å². The number of carbonyl (C=O) groups is 1. The molecule has 0 aromatic rings. The predicted molar refractivity (Wildman–Crippen MR) is 16.9 cm³/mol. The Hall–Kier alpha value is -0.640. The molecule has 0 spiro atoms. The third-order valence-electron chi connectivity index (χ3n) is 0.129. The summed E-state index contributed by atoms with van der Waals surface area (Å²) < 4.78 is 0. The van der Waals surface area contributed by atoms with E-state index in [1.807, 2.05) is 0 Å². The van der Waals surface area contributed by atoms with Gasteiger partial charge >= 0.3 is 5.97 Å². The molecule has 0 aromatic heterocycles. The van der Waals surface area contributed by atoms with Crippen LogP contribution >= 0.6 is 0 Å². The number of hydrogen-bond acceptors (Lipinski definition) is 3. The van der Waals surface area contributed by atoms with E-state index in [0.717, 1.165) is 6.92 Å². The molecule has 0 atom stereocenters. The quantitative estimate of drug-likeness (QED) is 0.345. The van der Waals surface area contributed by atoms with Crippen molar-refractivity contribution in [3.63, 3.8) is 0 Å². The number of hydrogen-bond donors (Lipinski definition) is 1. The van der Waals surface area contributed by atoms with Crippen molar-refractivity contribution in [2.75, 3.05) is 0 Å². The van der Waals surface area contributed by atoms with Crippen LogP contribution < -0.4 is 0 Å². The van der Waals surface area contributed by atoms with Crippen molar-refractivity contribution in [1.29, 1.82) is 0 Å². The lowest BCUT2D eigenvalue weighted by Crippen LogP contribution is -1.89. The van der Waals surface area contributed by atoms with E-state index >= 15 is 0 Å². The standard InChI is InChI=1S/C2H4O3.FH/c1-2(3)5-4;/h4H,1H3;1H. The first-order valence-electron chi connectivity index (χ1n) is 1.09. The molecule has 0 radical (unpaired) electrons. The second kappa shape index (κ2) is 4.36. The van der Waals surface area contributed by atoms with E-state index in [-0.39, 0.29) is 4.70 Å². The maximum atomic E-state index is 9.34. The van der Waals surface area contributed by atoms with E-state index in [4.69, 9.17) is 5.26 Å². The van der Waals surface area contributed by atoms with E-state index in [1.165, 1.54) is 0 Å². The zero-order valence-electron chi connectivity index (χ0n) is 3.17. The van der Waals surface area contributed by atoms with Crippen molar-refractivity contribution in [2.45, 2.75) is 6.92 Å². The van der Waals surface area contributed by atoms with Gasteiger partial charge in [0.1, 0.15) is 0 Å². The molecule has 0 saturated heterocycles. The van der Waals surface area contributed by atoms with Crippen molar-refractivity contribution in [1.82, 2.24) is 0 Å². The third kappa shape index (κ3) is 10.1. The largest absolute Gasteiger partial charge is 0.339 e. The van der Waals surface area contributed by atoms with Crippen LogP contribution in [-0.2, 0) is 9.68 Å². The summed E-state index contributed by atoms with van der Waals surface area (Å²) in [5.41, 5.74) is 0. The minimum absolute atomic E-state index is 0. The first kappa shape index (κ1) is 9.03. The summed E-state index contributed by atoms with van der Waals surface area (Å²) in [6.45, 7) is 1.11. The molecule has 4 heteroatoms. The van der Waals surface area contributed by atoms with Crippen LogP contribution in [0, 0.1) is 0 Å². The van der Waals surface area contributed by atoms with Crippen molar-refractivity contribution >= 4 is 5.97 Å². The molecule has 6 heavy (non-hydrogen) atoms. The van der Waals surface area contributed by atoms with Gasteiger partial charge in [-0.15, -0.1) is 0 Å². The third-order valence-corrected chi connectivity index (χ3v) is 0.129. The Morgan fingerprint density at radius 3 is 2.00 bits per heavy atom. The monoisotopic (exact) mass is 96.0 g/mol. The molecular formula is C2H5FO3. The molecule has 0 aliphatic carbocycles. The fraction of sp³-hybridized carbons (Fsp3) is 0.500. The normalized spacial score (nSPS) is 5.67. The SMILES string of the molecule is CC(=O)OO.F. The summed E-state index contributed by atoms with van der Waals surface area (Å²) in [6.07, 6.45) is 0. The van der Waals surface area contributed by atoms with Crippen LogP contribution in [-0.4, -0.2) is 11.2 Å². The molecule has 0 bridgehead atoms. The zero-order chi connectivity index (χ0) is 4.28. The fourth-order valence-electron chi connectivity index (χ4n) is 0. The maximum Gasteiger partial charge on any atom is 0.339 e. The van der Waals surface area contributed by atoms with E-state index in [0.29, 0.717) is 0 Å². The van der Waals surface area contributed by atoms with Gasteiger partial charge in [-0.1, -0.05) is 0 Å². The summed E-state index contributed by atoms with van der Waals surface area (Å²) in [7, 11) is 0. The molecule has 0 aromatic carbocycles. The highest BCUT2D eigenvalue weighted by atomic mass is 19.0. The van der Waals surface area contributed by atoms with Crippen LogP contribution in [0.2, 0.25) is 0 Å². The highest BCUT2D eigenvalue weighted by Gasteiger charge is 1.79. The lowest BCUT2D eigenvalue weighted by Gasteiger charge is -1.76. The zero-order valence-corrected chi connectivity index (χ0v) is 3.17. The van der Waals surface area contributed by atoms with Crippen molar-refractivity contribution < 1.29 is 19.6 Å². The van der Waals surface area contributed by atoms with Gasteiger partial charge in [-0.3, -0.25) is 4.70 Å². The minimum atomic E-state index is -0.690. The van der Waals surface area contributed by atoms with Crippen molar-refractivity contribution in [2.24, 2.45) is 0 Å². The lowest BCUT2D eigenvalue weighted by atomic mass is 10.9. The molecule has 0 fully saturated rings. The second-order valence-electron chi connectivity index (χ2n) is 0.583. The summed E-state index contributed by atoms with van der Waals surface area (Å²) >= 11 is 0. The Balaban J connectivity index is 0. The van der Waals surface area contributed by atoms with Gasteiger partial charge in [0.15, 0.2) is 0 Å². The Labute approximate surface area is 33.8 Å². The number of halogens is 1. The van der Waals surface area contributed by atoms with Crippen molar-refractivity contribution in [3.8, 4) is 0 Å². The Morgan fingerprint density at radius 1 is 1.83 bits per heavy atom. The predicted octanol–water partition coefficient (Wildman–Crippen LogP) is 0.175. The highest BCUT2D eigenvalue weighted by Crippen LogP contribution is 1.59. The van der Waals surface area contributed by atoms with E-state index in [1.54, 1.807) is 0 Å². The van der Waals surface area contributed by atoms with Gasteiger partial charge < -0.3 is 4.89 Å². The Bertz CT molecular complexity index is 44.1. The van der Waals surface area contributed by atoms with Gasteiger partial charge in [-0.05, 0) is 0 Å². The highest BCUT2D eigenvalue weighted by molar-refractivity contribution is 5.64. The molecule has 0 rings (SSSR count). The molecule has 38 valence electrons. The second-order valence-corrected chi connectivity index (χ2v) is 0.583. The summed E-state index contributed by atoms with van der Waals surface area (Å²) in [4.78, 5) is 12.5. The summed E-state index contributed by atoms with van der Waals surface area (Å²) in [6, 6.07) is 0. The van der Waals surface area contributed by atoms with Crippen LogP contribution in [0.5, 0.6) is 0 Å². The molecule has 0 unspecified atom stereocenters. The van der Waals surface area contributed by atoms with E-state index in [2.05, 4.69) is 4.89 Å². The van der Waals surface area contributed by atoms with Gasteiger partial charge in [0.25, 0.3) is 0 Å². The van der Waals surface area contributed by atoms with Gasteiger partial charge in [0, 0.05) is 6.92 Å². The van der Waals surface area contributed by atoms with Crippen LogP contribution in [0.4, 0.5) is 4.70 Å². The number of rotatable bonds is 0. The average Bonchev–Trinajstić information content (AvgIpc) is 1.38. The molecule has 0 aliphatic heterocycles. The van der Waals surface area contributed by atoms with Crippen LogP contribution in [0.25, 0.3) is 0 Å². The molecule has 0 amide bonds. The van der Waals surface area contributed by atoms with Crippen LogP contribution in [0.1, 0.15) is 6.92 Å². The van der Waals surface area contributed by atoms with Crippen LogP contribution in [0.15, 0.2) is 0 Å². The molecule has 1 N–H and O–H groups in total. The van der Waals surface area contributed by atoms with Gasteiger partial charge in [-0.25, -0.2) is 4.79 Å². The minimum Gasteiger partial charge on any atom is -0.301 e. The molecule has 3 nitrogen and oxygen atoms in total. The molecule has 0 heterocycles. The van der Waals surface area contributed by atoms with E-state index < -0.39 is 5.97 Å². The summed E-state index contributed by atoms with van der Waals surface area (Å²) in [5.74, 6) is -0.690. The maximum absolute atomic E-state index is 9.34.